The molecule has 11 heteroatoms. The number of carbonyl (C=O) groups is 2. The van der Waals surface area contributed by atoms with Crippen molar-refractivity contribution in [3.05, 3.63) is 83.6 Å². The monoisotopic (exact) mass is 622 g/mol. The molecule has 10 nitrogen and oxygen atoms in total. The van der Waals surface area contributed by atoms with E-state index >= 15 is 0 Å². The second-order valence-corrected chi connectivity index (χ2v) is 12.3. The van der Waals surface area contributed by atoms with Crippen LogP contribution in [0.5, 0.6) is 0 Å². The number of halogens is 1. The Morgan fingerprint density at radius 3 is 2.57 bits per heavy atom. The summed E-state index contributed by atoms with van der Waals surface area (Å²) in [5.41, 5.74) is 3.61. The Morgan fingerprint density at radius 2 is 1.98 bits per heavy atom. The number of nitrogens with one attached hydrogen (secondary N) is 2. The van der Waals surface area contributed by atoms with Crippen LogP contribution in [0.4, 0.5) is 4.79 Å². The van der Waals surface area contributed by atoms with E-state index in [1.165, 1.54) is 0 Å². The molecule has 0 bridgehead atoms. The third-order valence-corrected chi connectivity index (χ3v) is 9.32. The number of nitrogens with zero attached hydrogens (tertiary/aromatic N) is 4. The topological polar surface area (TPSA) is 101 Å². The van der Waals surface area contributed by atoms with Gasteiger partial charge in [-0.15, -0.1) is 0 Å². The molecule has 44 heavy (non-hydrogen) atoms. The number of ether oxygens (including phenoxy) is 2. The van der Waals surface area contributed by atoms with Crippen molar-refractivity contribution in [3.63, 3.8) is 0 Å². The van der Waals surface area contributed by atoms with Crippen molar-refractivity contribution >= 4 is 29.2 Å². The van der Waals surface area contributed by atoms with Gasteiger partial charge in [0.15, 0.2) is 0 Å². The smallest absolute Gasteiger partial charge is 0.410 e. The standard InChI is InChI=1S/C33H43ClN6O4/c1-7-22(4)44-32(42)40-15-13-39(14-16-40)30-24-10-9-23(34)18-25(24)26(17-21(3)28(30)36-8-2)29(27-19-35-20-38(27)5)37-31(41)33(43-6)11-12-33/h8-10,17-20,22,28-30,36H,2-3,7,11-16H2,1,4-6H3,(H,37,41). The van der Waals surface area contributed by atoms with Gasteiger partial charge in [0.2, 0.25) is 0 Å². The lowest BCUT2D eigenvalue weighted by Crippen LogP contribution is -2.53. The quantitative estimate of drug-likeness (QED) is 0.394. The fourth-order valence-electron chi connectivity index (χ4n) is 6.13. The summed E-state index contributed by atoms with van der Waals surface area (Å²) < 4.78 is 13.1. The number of methoxy groups -OCH3 is 1. The Morgan fingerprint density at radius 1 is 1.25 bits per heavy atom. The molecule has 3 aliphatic rings. The van der Waals surface area contributed by atoms with E-state index in [0.717, 1.165) is 34.4 Å². The second kappa shape index (κ2) is 13.2. The van der Waals surface area contributed by atoms with Gasteiger partial charge in [-0.3, -0.25) is 9.69 Å². The Hall–Kier alpha value is -3.60. The van der Waals surface area contributed by atoms with Crippen molar-refractivity contribution in [1.29, 1.82) is 0 Å². The maximum atomic E-state index is 13.6. The molecule has 0 spiro atoms. The summed E-state index contributed by atoms with van der Waals surface area (Å²) in [4.78, 5) is 34.9. The molecule has 1 aromatic heterocycles. The Balaban J connectivity index is 1.54. The number of hydrogen-bond acceptors (Lipinski definition) is 7. The van der Waals surface area contributed by atoms with E-state index in [0.29, 0.717) is 44.0 Å². The summed E-state index contributed by atoms with van der Waals surface area (Å²) in [6, 6.07) is 4.96. The van der Waals surface area contributed by atoms with Gasteiger partial charge in [0.1, 0.15) is 11.7 Å². The molecule has 2 fully saturated rings. The molecule has 4 atom stereocenters. The average Bonchev–Trinajstić information content (AvgIpc) is 3.74. The zero-order chi connectivity index (χ0) is 31.6. The minimum Gasteiger partial charge on any atom is -0.446 e. The van der Waals surface area contributed by atoms with Crippen molar-refractivity contribution in [1.82, 2.24) is 30.0 Å². The Labute approximate surface area is 264 Å². The number of carbonyl (C=O) groups excluding carboxylic acids is 2. The third-order valence-electron chi connectivity index (χ3n) is 9.09. The van der Waals surface area contributed by atoms with Crippen molar-refractivity contribution < 1.29 is 19.1 Å². The van der Waals surface area contributed by atoms with E-state index < -0.39 is 11.6 Å². The lowest BCUT2D eigenvalue weighted by Gasteiger charge is -2.42. The number of piperazine rings is 1. The van der Waals surface area contributed by atoms with Crippen molar-refractivity contribution in [2.45, 2.75) is 62.9 Å². The normalized spacial score (nSPS) is 22.6. The summed E-state index contributed by atoms with van der Waals surface area (Å²) in [6.07, 6.45) is 8.93. The maximum Gasteiger partial charge on any atom is 0.410 e. The van der Waals surface area contributed by atoms with Crippen LogP contribution in [-0.2, 0) is 21.3 Å². The molecule has 2 aliphatic carbocycles. The molecule has 1 saturated heterocycles. The van der Waals surface area contributed by atoms with E-state index in [9.17, 15) is 9.59 Å². The zero-order valence-electron chi connectivity index (χ0n) is 26.0. The van der Waals surface area contributed by atoms with Crippen LogP contribution in [0.3, 0.4) is 0 Å². The molecule has 2 amide bonds. The largest absolute Gasteiger partial charge is 0.446 e. The van der Waals surface area contributed by atoms with Crippen molar-refractivity contribution in [3.8, 4) is 0 Å². The third kappa shape index (κ3) is 6.29. The summed E-state index contributed by atoms with van der Waals surface area (Å²) in [5.74, 6) is -0.164. The fraction of sp³-hybridized carbons (Fsp3) is 0.485. The van der Waals surface area contributed by atoms with Gasteiger partial charge in [-0.25, -0.2) is 9.78 Å². The van der Waals surface area contributed by atoms with Crippen molar-refractivity contribution in [2.75, 3.05) is 33.3 Å². The summed E-state index contributed by atoms with van der Waals surface area (Å²) in [7, 11) is 3.49. The van der Waals surface area contributed by atoms with E-state index in [1.807, 2.05) is 43.7 Å². The van der Waals surface area contributed by atoms with Crippen LogP contribution in [0.1, 0.15) is 62.0 Å². The average molecular weight is 623 g/mol. The SMILES string of the molecule is C=CNC1C(=C)C=C(C(NC(=O)C2(OC)CC2)c2cncn2C)c2cc(Cl)ccc2C1N1CCN(C(=O)OC(C)CC)CC1. The van der Waals surface area contributed by atoms with Gasteiger partial charge >= 0.3 is 6.09 Å². The van der Waals surface area contributed by atoms with Crippen LogP contribution in [0.2, 0.25) is 5.02 Å². The summed E-state index contributed by atoms with van der Waals surface area (Å²) in [5, 5.41) is 7.31. The summed E-state index contributed by atoms with van der Waals surface area (Å²) in [6.45, 7) is 14.7. The molecule has 2 aromatic rings. The predicted molar refractivity (Wildman–Crippen MR) is 171 cm³/mol. The van der Waals surface area contributed by atoms with E-state index in [4.69, 9.17) is 21.1 Å². The molecule has 2 heterocycles. The molecule has 5 rings (SSSR count). The van der Waals surface area contributed by atoms with E-state index in [1.54, 1.807) is 30.7 Å². The number of benzene rings is 1. The van der Waals surface area contributed by atoms with Gasteiger partial charge in [-0.1, -0.05) is 43.8 Å². The first-order valence-electron chi connectivity index (χ1n) is 15.2. The van der Waals surface area contributed by atoms with E-state index in [-0.39, 0.29) is 30.2 Å². The molecule has 4 unspecified atom stereocenters. The molecule has 1 saturated carbocycles. The number of hydrogen-bond donors (Lipinski definition) is 2. The minimum absolute atomic E-state index is 0.125. The molecular formula is C33H43ClN6O4. The first kappa shape index (κ1) is 31.8. The first-order chi connectivity index (χ1) is 21.1. The number of fused-ring (bicyclic) bond motifs is 1. The lowest BCUT2D eigenvalue weighted by atomic mass is 9.89. The highest BCUT2D eigenvalue weighted by molar-refractivity contribution is 6.30. The minimum atomic E-state index is -0.818. The number of aryl methyl sites for hydroxylation is 1. The molecule has 236 valence electrons. The fourth-order valence-corrected chi connectivity index (χ4v) is 6.30. The predicted octanol–water partition coefficient (Wildman–Crippen LogP) is 4.76. The van der Waals surface area contributed by atoms with Crippen LogP contribution >= 0.6 is 11.6 Å². The van der Waals surface area contributed by atoms with Crippen molar-refractivity contribution in [2.24, 2.45) is 7.05 Å². The number of amides is 2. The van der Waals surface area contributed by atoms with Gasteiger partial charge < -0.3 is 29.6 Å². The van der Waals surface area contributed by atoms with E-state index in [2.05, 4.69) is 39.7 Å². The van der Waals surface area contributed by atoms with Crippen LogP contribution in [0.15, 0.2) is 61.7 Å². The highest BCUT2D eigenvalue weighted by Gasteiger charge is 2.51. The maximum absolute atomic E-state index is 13.6. The Bertz CT molecular complexity index is 1440. The van der Waals surface area contributed by atoms with Crippen LogP contribution in [0.25, 0.3) is 5.57 Å². The van der Waals surface area contributed by atoms with Crippen LogP contribution in [0, 0.1) is 0 Å². The number of imidazole rings is 1. The number of aromatic nitrogens is 2. The second-order valence-electron chi connectivity index (χ2n) is 11.9. The molecule has 0 radical (unpaired) electrons. The van der Waals surface area contributed by atoms with Gasteiger partial charge in [0, 0.05) is 45.4 Å². The highest BCUT2D eigenvalue weighted by Crippen LogP contribution is 2.45. The lowest BCUT2D eigenvalue weighted by molar-refractivity contribution is -0.134. The molecular weight excluding hydrogens is 580 g/mol. The summed E-state index contributed by atoms with van der Waals surface area (Å²) >= 11 is 6.66. The first-order valence-corrected chi connectivity index (χ1v) is 15.6. The number of rotatable bonds is 10. The highest BCUT2D eigenvalue weighted by atomic mass is 35.5. The van der Waals surface area contributed by atoms with Gasteiger partial charge in [-0.05, 0) is 66.8 Å². The molecule has 1 aliphatic heterocycles. The Kier molecular flexibility index (Phi) is 9.53. The van der Waals surface area contributed by atoms with Gasteiger partial charge in [0.25, 0.3) is 5.91 Å². The van der Waals surface area contributed by atoms with Crippen LogP contribution < -0.4 is 10.6 Å². The molecule has 2 N–H and O–H groups in total. The van der Waals surface area contributed by atoms with Gasteiger partial charge in [0.05, 0.1) is 36.3 Å². The van der Waals surface area contributed by atoms with Crippen LogP contribution in [-0.4, -0.2) is 82.4 Å². The zero-order valence-corrected chi connectivity index (χ0v) is 26.8. The van der Waals surface area contributed by atoms with Gasteiger partial charge in [-0.2, -0.15) is 0 Å². The molecule has 1 aromatic carbocycles.